The van der Waals surface area contributed by atoms with E-state index in [0.29, 0.717) is 8.96 Å². The minimum Gasteiger partial charge on any atom is -0.298 e. The molecule has 0 radical (unpaired) electrons. The Morgan fingerprint density at radius 3 is 1.92 bits per heavy atom. The van der Waals surface area contributed by atoms with Gasteiger partial charge in [-0.05, 0) is 46.7 Å². The fourth-order valence-electron chi connectivity index (χ4n) is 1.64. The van der Waals surface area contributed by atoms with Gasteiger partial charge in [0.15, 0.2) is 0 Å². The highest BCUT2D eigenvalue weighted by atomic mass is 127. The summed E-state index contributed by atoms with van der Waals surface area (Å²) in [6.07, 6.45) is 2.68. The van der Waals surface area contributed by atoms with E-state index in [2.05, 4.69) is 55.2 Å². The summed E-state index contributed by atoms with van der Waals surface area (Å²) in [5, 5.41) is 0. The van der Waals surface area contributed by atoms with E-state index in [4.69, 9.17) is 0 Å². The maximum atomic E-state index is 2.60. The minimum atomic E-state index is 0.368. The molecule has 12 heavy (non-hydrogen) atoms. The van der Waals surface area contributed by atoms with Crippen molar-refractivity contribution in [3.05, 3.63) is 0 Å². The summed E-state index contributed by atoms with van der Waals surface area (Å²) < 4.78 is 0.555. The molecule has 0 aromatic rings. The number of rotatable bonds is 0. The summed E-state index contributed by atoms with van der Waals surface area (Å²) >= 11 is 2.60. The number of nitrogens with zero attached hydrogens (tertiary/aromatic N) is 1. The molecule has 1 heterocycles. The topological polar surface area (TPSA) is 3.24 Å². The molecular weight excluding hydrogens is 261 g/mol. The van der Waals surface area contributed by atoms with Crippen molar-refractivity contribution >= 4 is 22.6 Å². The molecule has 1 saturated heterocycles. The lowest BCUT2D eigenvalue weighted by molar-refractivity contribution is 0.102. The first-order valence-electron chi connectivity index (χ1n) is 4.75. The number of hydrogen-bond donors (Lipinski definition) is 0. The first-order valence-corrected chi connectivity index (χ1v) is 5.83. The van der Waals surface area contributed by atoms with E-state index in [1.54, 1.807) is 0 Å². The van der Waals surface area contributed by atoms with Gasteiger partial charge in [0.2, 0.25) is 0 Å². The minimum absolute atomic E-state index is 0.368. The molecule has 1 aliphatic rings. The summed E-state index contributed by atoms with van der Waals surface area (Å²) in [5.41, 5.74) is 0.368. The Labute approximate surface area is 90.0 Å². The van der Waals surface area contributed by atoms with Gasteiger partial charge in [-0.25, -0.2) is 0 Å². The average molecular weight is 281 g/mol. The second-order valence-corrected chi connectivity index (χ2v) is 7.68. The smallest absolute Gasteiger partial charge is 0.0218 e. The summed E-state index contributed by atoms with van der Waals surface area (Å²) in [7, 11) is 0. The number of likely N-dealkylation sites (tertiary alicyclic amines) is 1. The van der Waals surface area contributed by atoms with E-state index in [-0.39, 0.29) is 0 Å². The molecule has 0 unspecified atom stereocenters. The highest BCUT2D eigenvalue weighted by molar-refractivity contribution is 14.1. The van der Waals surface area contributed by atoms with Crippen LogP contribution < -0.4 is 0 Å². The Balaban J connectivity index is 2.47. The van der Waals surface area contributed by atoms with E-state index in [0.717, 1.165) is 0 Å². The van der Waals surface area contributed by atoms with Gasteiger partial charge in [-0.1, -0.05) is 29.5 Å². The molecular formula is C10H20IN. The van der Waals surface area contributed by atoms with Gasteiger partial charge in [-0.15, -0.1) is 0 Å². The maximum absolute atomic E-state index is 2.60. The van der Waals surface area contributed by atoms with Crippen molar-refractivity contribution in [2.24, 2.45) is 0 Å². The molecule has 0 amide bonds. The fourth-order valence-corrected chi connectivity index (χ4v) is 2.13. The molecule has 1 nitrogen and oxygen atoms in total. The van der Waals surface area contributed by atoms with E-state index < -0.39 is 0 Å². The van der Waals surface area contributed by atoms with Gasteiger partial charge in [-0.3, -0.25) is 4.90 Å². The van der Waals surface area contributed by atoms with Gasteiger partial charge in [-0.2, -0.15) is 0 Å². The molecule has 0 aliphatic carbocycles. The Bertz CT molecular complexity index is 148. The van der Waals surface area contributed by atoms with Crippen molar-refractivity contribution in [3.63, 3.8) is 0 Å². The number of hydrogen-bond acceptors (Lipinski definition) is 1. The van der Waals surface area contributed by atoms with Crippen LogP contribution in [0.3, 0.4) is 0 Å². The molecule has 1 rings (SSSR count). The number of piperidine rings is 1. The third-order valence-corrected chi connectivity index (χ3v) is 3.83. The van der Waals surface area contributed by atoms with Gasteiger partial charge >= 0.3 is 0 Å². The maximum Gasteiger partial charge on any atom is 0.0218 e. The first kappa shape index (κ1) is 10.8. The van der Waals surface area contributed by atoms with Crippen LogP contribution in [0.25, 0.3) is 0 Å². The van der Waals surface area contributed by atoms with Crippen LogP contribution >= 0.6 is 22.6 Å². The van der Waals surface area contributed by atoms with Crippen LogP contribution in [-0.4, -0.2) is 27.0 Å². The second kappa shape index (κ2) is 3.45. The van der Waals surface area contributed by atoms with E-state index in [9.17, 15) is 0 Å². The van der Waals surface area contributed by atoms with E-state index in [1.807, 2.05) is 0 Å². The summed E-state index contributed by atoms with van der Waals surface area (Å²) in [6, 6.07) is 0. The second-order valence-electron chi connectivity index (χ2n) is 5.07. The third kappa shape index (κ3) is 2.87. The van der Waals surface area contributed by atoms with Crippen LogP contribution in [0.15, 0.2) is 0 Å². The fraction of sp³-hybridized carbons (Fsp3) is 1.00. The van der Waals surface area contributed by atoms with Gasteiger partial charge in [0, 0.05) is 8.96 Å². The molecule has 0 spiro atoms. The van der Waals surface area contributed by atoms with Crippen molar-refractivity contribution < 1.29 is 0 Å². The molecule has 0 atom stereocenters. The normalized spacial score (nSPS) is 25.8. The molecule has 0 aromatic carbocycles. The molecule has 72 valence electrons. The van der Waals surface area contributed by atoms with Crippen molar-refractivity contribution in [2.45, 2.75) is 49.5 Å². The van der Waals surface area contributed by atoms with Crippen molar-refractivity contribution in [3.8, 4) is 0 Å². The Hall–Kier alpha value is 0.690. The number of halogens is 1. The molecule has 0 aromatic heterocycles. The zero-order valence-electron chi connectivity index (χ0n) is 8.65. The highest BCUT2D eigenvalue weighted by Gasteiger charge is 2.31. The van der Waals surface area contributed by atoms with Crippen LogP contribution in [0.4, 0.5) is 0 Å². The quantitative estimate of drug-likeness (QED) is 0.487. The van der Waals surface area contributed by atoms with Crippen molar-refractivity contribution in [2.75, 3.05) is 13.1 Å². The molecule has 2 heteroatoms. The van der Waals surface area contributed by atoms with Crippen LogP contribution in [-0.2, 0) is 0 Å². The van der Waals surface area contributed by atoms with Crippen LogP contribution in [0.2, 0.25) is 0 Å². The SMILES string of the molecule is CC1(I)CCN(C(C)(C)C)CC1. The molecule has 0 saturated carbocycles. The first-order chi connectivity index (χ1) is 5.31. The van der Waals surface area contributed by atoms with E-state index >= 15 is 0 Å². The van der Waals surface area contributed by atoms with Gasteiger partial charge in [0.25, 0.3) is 0 Å². The zero-order valence-corrected chi connectivity index (χ0v) is 10.8. The lowest BCUT2D eigenvalue weighted by Crippen LogP contribution is -2.48. The van der Waals surface area contributed by atoms with Crippen molar-refractivity contribution in [1.82, 2.24) is 4.90 Å². The Kier molecular flexibility index (Phi) is 3.09. The lowest BCUT2D eigenvalue weighted by atomic mass is 9.94. The van der Waals surface area contributed by atoms with Crippen molar-refractivity contribution in [1.29, 1.82) is 0 Å². The summed E-state index contributed by atoms with van der Waals surface area (Å²) in [5.74, 6) is 0. The molecule has 0 N–H and O–H groups in total. The van der Waals surface area contributed by atoms with Gasteiger partial charge in [0.1, 0.15) is 0 Å². The van der Waals surface area contributed by atoms with E-state index in [1.165, 1.54) is 25.9 Å². The van der Waals surface area contributed by atoms with Crippen LogP contribution in [0.1, 0.15) is 40.5 Å². The number of alkyl halides is 1. The highest BCUT2D eigenvalue weighted by Crippen LogP contribution is 2.33. The Morgan fingerprint density at radius 2 is 1.58 bits per heavy atom. The van der Waals surface area contributed by atoms with Gasteiger partial charge < -0.3 is 0 Å². The standard InChI is InChI=1S/C10H20IN/c1-9(2,3)12-7-5-10(4,11)6-8-12/h5-8H2,1-4H3. The summed E-state index contributed by atoms with van der Waals surface area (Å²) in [4.78, 5) is 2.59. The molecule has 1 aliphatic heterocycles. The van der Waals surface area contributed by atoms with Crippen LogP contribution in [0, 0.1) is 0 Å². The summed E-state index contributed by atoms with van der Waals surface area (Å²) in [6.45, 7) is 11.8. The molecule has 1 fully saturated rings. The molecule has 0 bridgehead atoms. The van der Waals surface area contributed by atoms with Crippen LogP contribution in [0.5, 0.6) is 0 Å². The predicted molar refractivity (Wildman–Crippen MR) is 63.0 cm³/mol. The lowest BCUT2D eigenvalue weighted by Gasteiger charge is -2.43. The largest absolute Gasteiger partial charge is 0.298 e. The third-order valence-electron chi connectivity index (χ3n) is 2.75. The van der Waals surface area contributed by atoms with Gasteiger partial charge in [0.05, 0.1) is 0 Å². The predicted octanol–water partition coefficient (Wildman–Crippen LogP) is 3.07. The average Bonchev–Trinajstić information content (AvgIpc) is 1.83. The monoisotopic (exact) mass is 281 g/mol. The Morgan fingerprint density at radius 1 is 1.17 bits per heavy atom. The zero-order chi connectivity index (χ0) is 9.41.